The van der Waals surface area contributed by atoms with Crippen molar-refractivity contribution in [3.05, 3.63) is 68.5 Å². The highest BCUT2D eigenvalue weighted by Gasteiger charge is 2.34. The first-order valence-corrected chi connectivity index (χ1v) is 13.6. The molecule has 3 aliphatic heterocycles. The van der Waals surface area contributed by atoms with Gasteiger partial charge in [-0.05, 0) is 56.2 Å². The third-order valence-corrected chi connectivity index (χ3v) is 8.01. The summed E-state index contributed by atoms with van der Waals surface area (Å²) in [4.78, 5) is 36.2. The number of carbonyl (C=O) groups is 1. The predicted octanol–water partition coefficient (Wildman–Crippen LogP) is 3.75. The van der Waals surface area contributed by atoms with E-state index in [2.05, 4.69) is 4.90 Å². The number of thiocarbonyl (C=S) groups is 1. The van der Waals surface area contributed by atoms with Gasteiger partial charge in [0.2, 0.25) is 6.79 Å². The predicted molar refractivity (Wildman–Crippen MR) is 150 cm³/mol. The van der Waals surface area contributed by atoms with Gasteiger partial charge < -0.3 is 19.1 Å². The van der Waals surface area contributed by atoms with Crippen LogP contribution < -0.4 is 19.9 Å². The van der Waals surface area contributed by atoms with Crippen LogP contribution in [-0.4, -0.2) is 56.6 Å². The molecule has 0 aliphatic carbocycles. The Morgan fingerprint density at radius 3 is 2.66 bits per heavy atom. The van der Waals surface area contributed by atoms with Crippen LogP contribution in [0.25, 0.3) is 11.7 Å². The Balaban J connectivity index is 1.39. The number of thioether (sulfide) groups is 1. The van der Waals surface area contributed by atoms with Gasteiger partial charge in [0.05, 0.1) is 29.2 Å². The second-order valence-corrected chi connectivity index (χ2v) is 11.4. The highest BCUT2D eigenvalue weighted by molar-refractivity contribution is 8.26. The molecule has 9 nitrogen and oxygen atoms in total. The van der Waals surface area contributed by atoms with Crippen LogP contribution in [0.5, 0.6) is 11.5 Å². The molecule has 0 radical (unpaired) electrons. The van der Waals surface area contributed by atoms with E-state index in [4.69, 9.17) is 31.4 Å². The minimum Gasteiger partial charge on any atom is -0.454 e. The second kappa shape index (κ2) is 9.72. The Morgan fingerprint density at radius 2 is 1.87 bits per heavy atom. The van der Waals surface area contributed by atoms with Crippen LogP contribution in [-0.2, 0) is 16.1 Å². The molecule has 2 saturated heterocycles. The van der Waals surface area contributed by atoms with E-state index in [0.717, 1.165) is 11.1 Å². The number of ether oxygens (including phenoxy) is 3. The Kier molecular flexibility index (Phi) is 6.37. The maximum absolute atomic E-state index is 13.8. The maximum atomic E-state index is 13.8. The van der Waals surface area contributed by atoms with Gasteiger partial charge in [0, 0.05) is 19.3 Å². The fraction of sp³-hybridized carbons (Fsp3) is 0.333. The highest BCUT2D eigenvalue weighted by atomic mass is 32.2. The number of fused-ring (bicyclic) bond motifs is 2. The molecule has 0 spiro atoms. The van der Waals surface area contributed by atoms with E-state index in [9.17, 15) is 9.59 Å². The molecular formula is C27H26N4O5S2. The van der Waals surface area contributed by atoms with Crippen LogP contribution in [0.4, 0.5) is 5.82 Å². The van der Waals surface area contributed by atoms with E-state index < -0.39 is 0 Å². The lowest BCUT2D eigenvalue weighted by atomic mass is 10.1. The van der Waals surface area contributed by atoms with Gasteiger partial charge in [0.15, 0.2) is 11.5 Å². The van der Waals surface area contributed by atoms with Crippen LogP contribution in [0.2, 0.25) is 0 Å². The van der Waals surface area contributed by atoms with Crippen LogP contribution >= 0.6 is 24.0 Å². The van der Waals surface area contributed by atoms with Crippen LogP contribution in [0.1, 0.15) is 30.5 Å². The summed E-state index contributed by atoms with van der Waals surface area (Å²) in [5, 5.41) is 0. The number of pyridine rings is 1. The van der Waals surface area contributed by atoms with Crippen LogP contribution in [0, 0.1) is 6.92 Å². The number of morpholine rings is 1. The van der Waals surface area contributed by atoms with Crippen molar-refractivity contribution >= 4 is 51.7 Å². The Labute approximate surface area is 229 Å². The quantitative estimate of drug-likeness (QED) is 0.356. The smallest absolute Gasteiger partial charge is 0.267 e. The summed E-state index contributed by atoms with van der Waals surface area (Å²) in [5.74, 6) is 1.62. The van der Waals surface area contributed by atoms with Gasteiger partial charge >= 0.3 is 0 Å². The SMILES string of the molecule is Cc1ccc2nc(N3CC(C)OC(C)C3)c(C=C3SC(=S)N(Cc4ccc5c(c4)OCO5)C3=O)c(=O)n2c1. The Morgan fingerprint density at radius 1 is 1.11 bits per heavy atom. The van der Waals surface area contributed by atoms with Gasteiger partial charge in [0.25, 0.3) is 11.5 Å². The number of carbonyl (C=O) groups excluding carboxylic acids is 1. The molecule has 3 aliphatic rings. The maximum Gasteiger partial charge on any atom is 0.267 e. The van der Waals surface area contributed by atoms with Crippen molar-refractivity contribution in [3.8, 4) is 11.5 Å². The molecule has 3 aromatic rings. The Hall–Kier alpha value is -3.41. The lowest BCUT2D eigenvalue weighted by Crippen LogP contribution is -2.46. The Bertz CT molecular complexity index is 1560. The number of aryl methyl sites for hydroxylation is 1. The monoisotopic (exact) mass is 550 g/mol. The molecule has 0 bridgehead atoms. The van der Waals surface area contributed by atoms with Gasteiger partial charge in [-0.2, -0.15) is 0 Å². The lowest BCUT2D eigenvalue weighted by molar-refractivity contribution is -0.122. The van der Waals surface area contributed by atoms with Gasteiger partial charge in [-0.1, -0.05) is 36.1 Å². The summed E-state index contributed by atoms with van der Waals surface area (Å²) in [6, 6.07) is 9.33. The molecule has 0 N–H and O–H groups in total. The minimum atomic E-state index is -0.249. The standard InChI is InChI=1S/C27H26N4O5S2/c1-15-4-7-23-28-24(29-11-16(2)36-17(3)12-29)19(25(32)30(23)10-15)9-22-26(33)31(27(37)38-22)13-18-5-6-20-21(8-18)35-14-34-20/h4-10,16-17H,11-14H2,1-3H3. The van der Waals surface area contributed by atoms with Gasteiger partial charge in [-0.15, -0.1) is 0 Å². The van der Waals surface area contributed by atoms with Gasteiger partial charge in [-0.3, -0.25) is 18.9 Å². The number of aromatic nitrogens is 2. The van der Waals surface area contributed by atoms with Gasteiger partial charge in [-0.25, -0.2) is 4.98 Å². The molecule has 6 rings (SSSR count). The molecule has 1 aromatic carbocycles. The molecule has 2 unspecified atom stereocenters. The number of amides is 1. The fourth-order valence-electron chi connectivity index (χ4n) is 4.95. The molecular weight excluding hydrogens is 524 g/mol. The molecule has 38 heavy (non-hydrogen) atoms. The average molecular weight is 551 g/mol. The minimum absolute atomic E-state index is 0.0234. The van der Waals surface area contributed by atoms with Crippen molar-refractivity contribution in [3.63, 3.8) is 0 Å². The van der Waals surface area contributed by atoms with Crippen LogP contribution in [0.3, 0.4) is 0 Å². The van der Waals surface area contributed by atoms with Gasteiger partial charge in [0.1, 0.15) is 15.8 Å². The van der Waals surface area contributed by atoms with Crippen molar-refractivity contribution in [1.29, 1.82) is 0 Å². The van der Waals surface area contributed by atoms with Crippen molar-refractivity contribution in [2.75, 3.05) is 24.8 Å². The highest BCUT2D eigenvalue weighted by Crippen LogP contribution is 2.37. The van der Waals surface area contributed by atoms with E-state index in [1.807, 2.05) is 51.1 Å². The molecule has 5 heterocycles. The van der Waals surface area contributed by atoms with E-state index in [0.29, 0.717) is 50.8 Å². The first kappa shape index (κ1) is 24.9. The van der Waals surface area contributed by atoms with Crippen molar-refractivity contribution < 1.29 is 19.0 Å². The number of anilines is 1. The normalized spacial score (nSPS) is 22.2. The molecule has 196 valence electrons. The largest absolute Gasteiger partial charge is 0.454 e. The molecule has 2 atom stereocenters. The number of hydrogen-bond donors (Lipinski definition) is 0. The zero-order valence-corrected chi connectivity index (χ0v) is 22.8. The fourth-order valence-corrected chi connectivity index (χ4v) is 6.19. The third kappa shape index (κ3) is 4.55. The topological polar surface area (TPSA) is 85.6 Å². The van der Waals surface area contributed by atoms with Crippen molar-refractivity contribution in [2.45, 2.75) is 39.5 Å². The first-order valence-electron chi connectivity index (χ1n) is 12.3. The number of nitrogens with zero attached hydrogens (tertiary/aromatic N) is 4. The molecule has 1 amide bonds. The molecule has 0 saturated carbocycles. The molecule has 11 heteroatoms. The second-order valence-electron chi connectivity index (χ2n) is 9.71. The lowest BCUT2D eigenvalue weighted by Gasteiger charge is -2.36. The van der Waals surface area contributed by atoms with E-state index in [-0.39, 0.29) is 37.0 Å². The average Bonchev–Trinajstić information content (AvgIpc) is 3.45. The first-order chi connectivity index (χ1) is 18.3. The summed E-state index contributed by atoms with van der Waals surface area (Å²) >= 11 is 6.76. The molecule has 2 aromatic heterocycles. The van der Waals surface area contributed by atoms with E-state index >= 15 is 0 Å². The van der Waals surface area contributed by atoms with Crippen molar-refractivity contribution in [2.24, 2.45) is 0 Å². The third-order valence-electron chi connectivity index (χ3n) is 6.63. The van der Waals surface area contributed by atoms with Crippen molar-refractivity contribution in [1.82, 2.24) is 14.3 Å². The van der Waals surface area contributed by atoms with E-state index in [1.54, 1.807) is 12.3 Å². The molecule has 2 fully saturated rings. The number of benzene rings is 1. The summed E-state index contributed by atoms with van der Waals surface area (Å²) in [5.41, 5.74) is 2.48. The zero-order valence-electron chi connectivity index (χ0n) is 21.2. The zero-order chi connectivity index (χ0) is 26.6. The van der Waals surface area contributed by atoms with Crippen LogP contribution in [0.15, 0.2) is 46.2 Å². The summed E-state index contributed by atoms with van der Waals surface area (Å²) < 4.78 is 18.7. The van der Waals surface area contributed by atoms with E-state index in [1.165, 1.54) is 21.1 Å². The number of rotatable bonds is 4. The summed E-state index contributed by atoms with van der Waals surface area (Å²) in [7, 11) is 0. The summed E-state index contributed by atoms with van der Waals surface area (Å²) in [6.45, 7) is 7.57. The summed E-state index contributed by atoms with van der Waals surface area (Å²) in [6.07, 6.45) is 3.36. The number of hydrogen-bond acceptors (Lipinski definition) is 9.